The lowest BCUT2D eigenvalue weighted by Crippen LogP contribution is -2.26. The van der Waals surface area contributed by atoms with Crippen molar-refractivity contribution in [2.75, 3.05) is 13.1 Å². The third-order valence-corrected chi connectivity index (χ3v) is 3.33. The summed E-state index contributed by atoms with van der Waals surface area (Å²) in [4.78, 5) is 22.0. The van der Waals surface area contributed by atoms with Crippen LogP contribution in [0.25, 0.3) is 0 Å². The molecule has 0 saturated heterocycles. The second-order valence-electron chi connectivity index (χ2n) is 5.40. The van der Waals surface area contributed by atoms with Gasteiger partial charge >= 0.3 is 5.97 Å². The van der Waals surface area contributed by atoms with Crippen molar-refractivity contribution >= 4 is 11.9 Å². The lowest BCUT2D eigenvalue weighted by molar-refractivity contribution is -0.137. The molecule has 0 fully saturated rings. The molecule has 0 rings (SSSR count). The third kappa shape index (κ3) is 11.7. The lowest BCUT2D eigenvalue weighted by atomic mass is 10.0. The molecule has 5 nitrogen and oxygen atoms in total. The van der Waals surface area contributed by atoms with Gasteiger partial charge in [-0.05, 0) is 44.1 Å². The maximum Gasteiger partial charge on any atom is 0.303 e. The summed E-state index contributed by atoms with van der Waals surface area (Å²) in [7, 11) is 0. The Hall–Kier alpha value is -1.10. The Morgan fingerprint density at radius 3 is 2.21 bits per heavy atom. The number of carbonyl (C=O) groups is 2. The zero-order valence-electron chi connectivity index (χ0n) is 12.2. The predicted molar refractivity (Wildman–Crippen MR) is 75.7 cm³/mol. The first kappa shape index (κ1) is 17.9. The van der Waals surface area contributed by atoms with E-state index in [1.807, 2.05) is 6.92 Å². The molecule has 0 spiro atoms. The van der Waals surface area contributed by atoms with E-state index in [2.05, 4.69) is 12.2 Å². The van der Waals surface area contributed by atoms with Crippen molar-refractivity contribution < 1.29 is 14.7 Å². The molecule has 2 unspecified atom stereocenters. The number of amides is 1. The SMILES string of the molecule is CC(CCNC(=O)CCC(C)CCN)CCC(=O)O. The fourth-order valence-corrected chi connectivity index (χ4v) is 1.87. The average molecular weight is 272 g/mol. The summed E-state index contributed by atoms with van der Waals surface area (Å²) in [6.07, 6.45) is 4.07. The van der Waals surface area contributed by atoms with Gasteiger partial charge in [-0.1, -0.05) is 13.8 Å². The number of nitrogens with one attached hydrogen (secondary N) is 1. The Morgan fingerprint density at radius 2 is 1.63 bits per heavy atom. The number of rotatable bonds is 11. The summed E-state index contributed by atoms with van der Waals surface area (Å²) in [5, 5.41) is 11.4. The Bertz CT molecular complexity index is 269. The molecule has 0 aromatic rings. The van der Waals surface area contributed by atoms with Gasteiger partial charge in [0.25, 0.3) is 0 Å². The summed E-state index contributed by atoms with van der Waals surface area (Å²) >= 11 is 0. The minimum Gasteiger partial charge on any atom is -0.481 e. The highest BCUT2D eigenvalue weighted by molar-refractivity contribution is 5.75. The molecule has 0 aromatic carbocycles. The first-order chi connectivity index (χ1) is 8.95. The van der Waals surface area contributed by atoms with Crippen LogP contribution in [0, 0.1) is 11.8 Å². The largest absolute Gasteiger partial charge is 0.481 e. The van der Waals surface area contributed by atoms with Crippen LogP contribution in [0.1, 0.15) is 52.4 Å². The van der Waals surface area contributed by atoms with E-state index in [9.17, 15) is 9.59 Å². The molecular formula is C14H28N2O3. The van der Waals surface area contributed by atoms with Gasteiger partial charge in [0, 0.05) is 19.4 Å². The Labute approximate surface area is 115 Å². The second kappa shape index (κ2) is 10.8. The standard InChI is InChI=1S/C14H28N2O3/c1-11(7-9-15)3-5-13(17)16-10-8-12(2)4-6-14(18)19/h11-12H,3-10,15H2,1-2H3,(H,16,17)(H,18,19). The van der Waals surface area contributed by atoms with Gasteiger partial charge < -0.3 is 16.2 Å². The topological polar surface area (TPSA) is 92.4 Å². The maximum absolute atomic E-state index is 11.6. The zero-order valence-corrected chi connectivity index (χ0v) is 12.2. The molecule has 0 radical (unpaired) electrons. The predicted octanol–water partition coefficient (Wildman–Crippen LogP) is 1.76. The van der Waals surface area contributed by atoms with E-state index in [0.717, 1.165) is 19.3 Å². The molecule has 112 valence electrons. The van der Waals surface area contributed by atoms with Crippen molar-refractivity contribution in [2.24, 2.45) is 17.6 Å². The highest BCUT2D eigenvalue weighted by Crippen LogP contribution is 2.10. The average Bonchev–Trinajstić information content (AvgIpc) is 2.34. The minimum absolute atomic E-state index is 0.0781. The number of nitrogens with two attached hydrogens (primary N) is 1. The summed E-state index contributed by atoms with van der Waals surface area (Å²) in [5.41, 5.74) is 5.46. The smallest absolute Gasteiger partial charge is 0.303 e. The van der Waals surface area contributed by atoms with Crippen LogP contribution in [0.2, 0.25) is 0 Å². The van der Waals surface area contributed by atoms with E-state index in [-0.39, 0.29) is 12.3 Å². The van der Waals surface area contributed by atoms with Gasteiger partial charge in [0.15, 0.2) is 0 Å². The molecule has 1 amide bonds. The van der Waals surface area contributed by atoms with Crippen molar-refractivity contribution in [3.05, 3.63) is 0 Å². The van der Waals surface area contributed by atoms with Crippen molar-refractivity contribution in [1.29, 1.82) is 0 Å². The third-order valence-electron chi connectivity index (χ3n) is 3.33. The quantitative estimate of drug-likeness (QED) is 0.534. The fourth-order valence-electron chi connectivity index (χ4n) is 1.87. The van der Waals surface area contributed by atoms with E-state index < -0.39 is 5.97 Å². The Balaban J connectivity index is 3.54. The fraction of sp³-hybridized carbons (Fsp3) is 0.857. The first-order valence-corrected chi connectivity index (χ1v) is 7.14. The Kier molecular flexibility index (Phi) is 10.2. The van der Waals surface area contributed by atoms with Gasteiger partial charge in [-0.2, -0.15) is 0 Å². The summed E-state index contributed by atoms with van der Waals surface area (Å²) < 4.78 is 0. The van der Waals surface area contributed by atoms with Crippen molar-refractivity contribution in [3.8, 4) is 0 Å². The van der Waals surface area contributed by atoms with Crippen LogP contribution in [0.15, 0.2) is 0 Å². The molecule has 19 heavy (non-hydrogen) atoms. The minimum atomic E-state index is -0.759. The lowest BCUT2D eigenvalue weighted by Gasteiger charge is -2.12. The normalized spacial score (nSPS) is 13.8. The summed E-state index contributed by atoms with van der Waals surface area (Å²) in [6.45, 7) is 5.42. The molecule has 0 aliphatic rings. The molecule has 0 saturated carbocycles. The molecule has 0 aliphatic heterocycles. The number of aliphatic carboxylic acids is 1. The van der Waals surface area contributed by atoms with Crippen LogP contribution in [-0.4, -0.2) is 30.1 Å². The molecule has 0 heterocycles. The van der Waals surface area contributed by atoms with Gasteiger partial charge in [0.1, 0.15) is 0 Å². The number of hydrogen-bond donors (Lipinski definition) is 3. The van der Waals surface area contributed by atoms with Crippen LogP contribution < -0.4 is 11.1 Å². The molecule has 5 heteroatoms. The Morgan fingerprint density at radius 1 is 1.05 bits per heavy atom. The number of carboxylic acids is 1. The molecule has 0 bridgehead atoms. The number of carboxylic acid groups (broad SMARTS) is 1. The molecule has 4 N–H and O–H groups in total. The van der Waals surface area contributed by atoms with Gasteiger partial charge in [-0.25, -0.2) is 0 Å². The number of hydrogen-bond acceptors (Lipinski definition) is 3. The number of carbonyl (C=O) groups excluding carboxylic acids is 1. The van der Waals surface area contributed by atoms with E-state index in [1.165, 1.54) is 0 Å². The van der Waals surface area contributed by atoms with E-state index in [4.69, 9.17) is 10.8 Å². The molecule has 0 aromatic heterocycles. The van der Waals surface area contributed by atoms with E-state index in [1.54, 1.807) is 0 Å². The van der Waals surface area contributed by atoms with Crippen molar-refractivity contribution in [3.63, 3.8) is 0 Å². The van der Waals surface area contributed by atoms with Crippen LogP contribution in [-0.2, 0) is 9.59 Å². The van der Waals surface area contributed by atoms with Crippen LogP contribution in [0.3, 0.4) is 0 Å². The summed E-state index contributed by atoms with van der Waals surface area (Å²) in [5.74, 6) is 0.136. The van der Waals surface area contributed by atoms with Gasteiger partial charge in [0.2, 0.25) is 5.91 Å². The molecule has 2 atom stereocenters. The van der Waals surface area contributed by atoms with Crippen LogP contribution in [0.4, 0.5) is 0 Å². The summed E-state index contributed by atoms with van der Waals surface area (Å²) in [6, 6.07) is 0. The van der Waals surface area contributed by atoms with Gasteiger partial charge in [-0.15, -0.1) is 0 Å². The molecule has 0 aliphatic carbocycles. The van der Waals surface area contributed by atoms with Gasteiger partial charge in [0.05, 0.1) is 0 Å². The van der Waals surface area contributed by atoms with E-state index in [0.29, 0.717) is 37.8 Å². The zero-order chi connectivity index (χ0) is 14.7. The second-order valence-corrected chi connectivity index (χ2v) is 5.40. The van der Waals surface area contributed by atoms with Crippen LogP contribution in [0.5, 0.6) is 0 Å². The maximum atomic E-state index is 11.6. The van der Waals surface area contributed by atoms with Gasteiger partial charge in [-0.3, -0.25) is 9.59 Å². The highest BCUT2D eigenvalue weighted by atomic mass is 16.4. The van der Waals surface area contributed by atoms with Crippen molar-refractivity contribution in [2.45, 2.75) is 52.4 Å². The van der Waals surface area contributed by atoms with E-state index >= 15 is 0 Å². The van der Waals surface area contributed by atoms with Crippen molar-refractivity contribution in [1.82, 2.24) is 5.32 Å². The molecular weight excluding hydrogens is 244 g/mol. The monoisotopic (exact) mass is 272 g/mol. The van der Waals surface area contributed by atoms with Crippen LogP contribution >= 0.6 is 0 Å². The highest BCUT2D eigenvalue weighted by Gasteiger charge is 2.08. The first-order valence-electron chi connectivity index (χ1n) is 7.14.